The van der Waals surface area contributed by atoms with E-state index in [1.54, 1.807) is 0 Å². The molecular weight excluding hydrogens is 320 g/mol. The van der Waals surface area contributed by atoms with Crippen molar-refractivity contribution in [1.82, 2.24) is 9.47 Å². The highest BCUT2D eigenvalue weighted by molar-refractivity contribution is 5.87. The molecule has 3 aromatic rings. The van der Waals surface area contributed by atoms with Crippen LogP contribution in [-0.4, -0.2) is 15.4 Å². The second kappa shape index (κ2) is 6.31. The van der Waals surface area contributed by atoms with Gasteiger partial charge in [-0.3, -0.25) is 4.79 Å². The van der Waals surface area contributed by atoms with E-state index in [1.807, 2.05) is 6.07 Å². The first kappa shape index (κ1) is 15.7. The highest BCUT2D eigenvalue weighted by Gasteiger charge is 2.35. The summed E-state index contributed by atoms with van der Waals surface area (Å²) in [6.45, 7) is 0.700. The normalized spacial score (nSPS) is 19.9. The third-order valence-electron chi connectivity index (χ3n) is 6.01. The van der Waals surface area contributed by atoms with Gasteiger partial charge in [-0.15, -0.1) is 0 Å². The molecule has 2 heterocycles. The van der Waals surface area contributed by atoms with Gasteiger partial charge < -0.3 is 9.47 Å². The van der Waals surface area contributed by atoms with E-state index < -0.39 is 0 Å². The Kier molecular flexibility index (Phi) is 3.81. The van der Waals surface area contributed by atoms with Crippen LogP contribution in [0, 0.1) is 0 Å². The minimum Gasteiger partial charge on any atom is -0.323 e. The van der Waals surface area contributed by atoms with Gasteiger partial charge in [0.25, 0.3) is 0 Å². The fraction of sp³-hybridized carbons (Fsp3) is 0.348. The molecule has 1 fully saturated rings. The second-order valence-electron chi connectivity index (χ2n) is 7.55. The quantitative estimate of drug-likeness (QED) is 0.667. The minimum absolute atomic E-state index is 0.148. The molecule has 0 saturated carbocycles. The third-order valence-corrected chi connectivity index (χ3v) is 6.01. The van der Waals surface area contributed by atoms with E-state index in [0.717, 1.165) is 12.8 Å². The molecule has 132 valence electrons. The van der Waals surface area contributed by atoms with Crippen LogP contribution in [0.5, 0.6) is 0 Å². The van der Waals surface area contributed by atoms with Gasteiger partial charge in [-0.2, -0.15) is 0 Å². The molecule has 1 aliphatic heterocycles. The smallest absolute Gasteiger partial charge is 0.224 e. The van der Waals surface area contributed by atoms with Gasteiger partial charge in [0, 0.05) is 24.0 Å². The highest BCUT2D eigenvalue weighted by Crippen LogP contribution is 2.39. The van der Waals surface area contributed by atoms with E-state index in [2.05, 4.69) is 58.0 Å². The first-order valence-electron chi connectivity index (χ1n) is 9.77. The number of aromatic nitrogens is 1. The van der Waals surface area contributed by atoms with Crippen LogP contribution in [0.2, 0.25) is 0 Å². The summed E-state index contributed by atoms with van der Waals surface area (Å²) in [4.78, 5) is 14.8. The van der Waals surface area contributed by atoms with Crippen molar-refractivity contribution in [2.45, 2.75) is 51.2 Å². The summed E-state index contributed by atoms with van der Waals surface area (Å²) < 4.78 is 2.50. The summed E-state index contributed by atoms with van der Waals surface area (Å²) >= 11 is 0. The zero-order chi connectivity index (χ0) is 17.5. The number of likely N-dealkylation sites (tertiary alicyclic amines) is 1. The lowest BCUT2D eigenvalue weighted by Crippen LogP contribution is -2.31. The van der Waals surface area contributed by atoms with E-state index in [1.165, 1.54) is 47.0 Å². The standard InChI is InChI=1S/C23H24N2O/c26-23-15-14-22(24(23)16-17-8-2-1-3-9-17)25-20-12-6-4-10-18(20)19-11-5-7-13-21(19)25/h1-4,6,8-10,12,22H,5,7,11,13-16H2/t22-/m1/s1. The zero-order valence-corrected chi connectivity index (χ0v) is 15.0. The largest absolute Gasteiger partial charge is 0.323 e. The molecule has 1 atom stereocenters. The second-order valence-corrected chi connectivity index (χ2v) is 7.55. The molecule has 3 heteroatoms. The molecule has 1 aromatic heterocycles. The molecule has 1 aliphatic carbocycles. The van der Waals surface area contributed by atoms with Crippen molar-refractivity contribution in [2.24, 2.45) is 0 Å². The van der Waals surface area contributed by atoms with Crippen molar-refractivity contribution in [3.05, 3.63) is 71.4 Å². The number of fused-ring (bicyclic) bond motifs is 3. The van der Waals surface area contributed by atoms with Crippen LogP contribution in [0.4, 0.5) is 0 Å². The SMILES string of the molecule is O=C1CC[C@@H](n2c3c(c4ccccc42)CCCC3)N1Cc1ccccc1. The number of carbonyl (C=O) groups is 1. The highest BCUT2D eigenvalue weighted by atomic mass is 16.2. The van der Waals surface area contributed by atoms with Crippen LogP contribution in [0.1, 0.15) is 48.7 Å². The van der Waals surface area contributed by atoms with Gasteiger partial charge in [0.05, 0.1) is 5.52 Å². The lowest BCUT2D eigenvalue weighted by Gasteiger charge is -2.29. The molecule has 1 saturated heterocycles. The van der Waals surface area contributed by atoms with Gasteiger partial charge >= 0.3 is 0 Å². The predicted octanol–water partition coefficient (Wildman–Crippen LogP) is 4.84. The van der Waals surface area contributed by atoms with E-state index in [-0.39, 0.29) is 12.1 Å². The first-order valence-corrected chi connectivity index (χ1v) is 9.77. The maximum atomic E-state index is 12.7. The van der Waals surface area contributed by atoms with E-state index >= 15 is 0 Å². The number of hydrogen-bond donors (Lipinski definition) is 0. The Balaban J connectivity index is 1.61. The van der Waals surface area contributed by atoms with Crippen molar-refractivity contribution < 1.29 is 4.79 Å². The number of nitrogens with zero attached hydrogens (tertiary/aromatic N) is 2. The number of carbonyl (C=O) groups excluding carboxylic acids is 1. The van der Waals surface area contributed by atoms with Gasteiger partial charge in [-0.1, -0.05) is 48.5 Å². The Morgan fingerprint density at radius 2 is 1.65 bits per heavy atom. The Bertz CT molecular complexity index is 957. The lowest BCUT2D eigenvalue weighted by atomic mass is 9.95. The number of para-hydroxylation sites is 1. The van der Waals surface area contributed by atoms with Crippen LogP contribution in [0.3, 0.4) is 0 Å². The number of aryl methyl sites for hydroxylation is 1. The van der Waals surface area contributed by atoms with Gasteiger partial charge in [-0.25, -0.2) is 0 Å². The van der Waals surface area contributed by atoms with Crippen molar-refractivity contribution in [3.8, 4) is 0 Å². The minimum atomic E-state index is 0.148. The van der Waals surface area contributed by atoms with Crippen LogP contribution in [0.25, 0.3) is 10.9 Å². The summed E-state index contributed by atoms with van der Waals surface area (Å²) in [5.41, 5.74) is 5.50. The van der Waals surface area contributed by atoms with Crippen LogP contribution in [-0.2, 0) is 24.2 Å². The molecular formula is C23H24N2O. The van der Waals surface area contributed by atoms with Gasteiger partial charge in [0.1, 0.15) is 6.17 Å². The molecule has 3 nitrogen and oxygen atoms in total. The Hall–Kier alpha value is -2.55. The maximum Gasteiger partial charge on any atom is 0.224 e. The molecule has 0 unspecified atom stereocenters. The van der Waals surface area contributed by atoms with Crippen molar-refractivity contribution in [2.75, 3.05) is 0 Å². The summed E-state index contributed by atoms with van der Waals surface area (Å²) in [6, 6.07) is 19.1. The first-order chi connectivity index (χ1) is 12.8. The summed E-state index contributed by atoms with van der Waals surface area (Å²) in [5.74, 6) is 0.279. The lowest BCUT2D eigenvalue weighted by molar-refractivity contribution is -0.130. The topological polar surface area (TPSA) is 25.2 Å². The average molecular weight is 344 g/mol. The summed E-state index contributed by atoms with van der Waals surface area (Å²) in [6.07, 6.45) is 6.54. The van der Waals surface area contributed by atoms with E-state index in [4.69, 9.17) is 0 Å². The van der Waals surface area contributed by atoms with Crippen molar-refractivity contribution in [3.63, 3.8) is 0 Å². The van der Waals surface area contributed by atoms with Crippen molar-refractivity contribution >= 4 is 16.8 Å². The van der Waals surface area contributed by atoms with E-state index in [0.29, 0.717) is 13.0 Å². The molecule has 0 radical (unpaired) electrons. The monoisotopic (exact) mass is 344 g/mol. The van der Waals surface area contributed by atoms with Crippen LogP contribution >= 0.6 is 0 Å². The molecule has 0 bridgehead atoms. The van der Waals surface area contributed by atoms with Gasteiger partial charge in [-0.05, 0) is 49.3 Å². The van der Waals surface area contributed by atoms with Gasteiger partial charge in [0.2, 0.25) is 5.91 Å². The fourth-order valence-corrected chi connectivity index (χ4v) is 4.83. The van der Waals surface area contributed by atoms with Crippen LogP contribution in [0.15, 0.2) is 54.6 Å². The molecule has 2 aliphatic rings. The molecule has 0 spiro atoms. The number of benzene rings is 2. The molecule has 1 amide bonds. The zero-order valence-electron chi connectivity index (χ0n) is 15.0. The summed E-state index contributed by atoms with van der Waals surface area (Å²) in [5, 5.41) is 1.39. The molecule has 26 heavy (non-hydrogen) atoms. The fourth-order valence-electron chi connectivity index (χ4n) is 4.83. The average Bonchev–Trinajstić information content (AvgIpc) is 3.21. The van der Waals surface area contributed by atoms with Crippen LogP contribution < -0.4 is 0 Å². The Labute approximate surface area is 154 Å². The maximum absolute atomic E-state index is 12.7. The number of amides is 1. The van der Waals surface area contributed by atoms with E-state index in [9.17, 15) is 4.79 Å². The molecule has 2 aromatic carbocycles. The third kappa shape index (κ3) is 2.45. The molecule has 5 rings (SSSR count). The predicted molar refractivity (Wildman–Crippen MR) is 104 cm³/mol. The summed E-state index contributed by atoms with van der Waals surface area (Å²) in [7, 11) is 0. The van der Waals surface area contributed by atoms with Crippen molar-refractivity contribution in [1.29, 1.82) is 0 Å². The Morgan fingerprint density at radius 1 is 0.885 bits per heavy atom. The number of hydrogen-bond acceptors (Lipinski definition) is 1. The van der Waals surface area contributed by atoms with Gasteiger partial charge in [0.15, 0.2) is 0 Å². The number of rotatable bonds is 3. The Morgan fingerprint density at radius 3 is 2.54 bits per heavy atom. The molecule has 0 N–H and O–H groups in total.